The third-order valence-corrected chi connectivity index (χ3v) is 6.39. The van der Waals surface area contributed by atoms with Gasteiger partial charge in [-0.2, -0.15) is 4.98 Å². The van der Waals surface area contributed by atoms with Gasteiger partial charge in [0.1, 0.15) is 11.7 Å². The lowest BCUT2D eigenvalue weighted by Gasteiger charge is -2.44. The van der Waals surface area contributed by atoms with Crippen LogP contribution in [0.5, 0.6) is 0 Å². The van der Waals surface area contributed by atoms with Gasteiger partial charge in [-0.1, -0.05) is 37.5 Å². The zero-order valence-electron chi connectivity index (χ0n) is 18.4. The van der Waals surface area contributed by atoms with Crippen molar-refractivity contribution in [3.05, 3.63) is 42.1 Å². The zero-order chi connectivity index (χ0) is 21.4. The van der Waals surface area contributed by atoms with E-state index in [1.165, 1.54) is 19.3 Å². The van der Waals surface area contributed by atoms with Gasteiger partial charge in [-0.25, -0.2) is 4.98 Å². The summed E-state index contributed by atoms with van der Waals surface area (Å²) in [6.45, 7) is 10.1. The van der Waals surface area contributed by atoms with Crippen molar-refractivity contribution < 1.29 is 4.79 Å². The number of anilines is 4. The molecule has 1 aromatic heterocycles. The van der Waals surface area contributed by atoms with Crippen molar-refractivity contribution in [2.45, 2.75) is 65.0 Å². The Labute approximate surface area is 179 Å². The van der Waals surface area contributed by atoms with Gasteiger partial charge < -0.3 is 15.1 Å². The van der Waals surface area contributed by atoms with Gasteiger partial charge in [0, 0.05) is 18.8 Å². The molecule has 1 fully saturated rings. The number of likely N-dealkylation sites (N-methyl/N-ethyl adjacent to an activating group) is 1. The van der Waals surface area contributed by atoms with Gasteiger partial charge in [0.05, 0.1) is 6.20 Å². The van der Waals surface area contributed by atoms with E-state index in [9.17, 15) is 4.79 Å². The maximum absolute atomic E-state index is 12.9. The van der Waals surface area contributed by atoms with Crippen LogP contribution in [-0.4, -0.2) is 35.0 Å². The first-order valence-electron chi connectivity index (χ1n) is 10.8. The van der Waals surface area contributed by atoms with Crippen LogP contribution in [0.4, 0.5) is 23.1 Å². The Morgan fingerprint density at radius 3 is 2.63 bits per heavy atom. The number of nitrogens with zero attached hydrogens (tertiary/aromatic N) is 4. The van der Waals surface area contributed by atoms with E-state index < -0.39 is 0 Å². The van der Waals surface area contributed by atoms with E-state index in [2.05, 4.69) is 40.8 Å². The molecule has 1 amide bonds. The van der Waals surface area contributed by atoms with Gasteiger partial charge in [0.15, 0.2) is 5.82 Å². The van der Waals surface area contributed by atoms with Crippen LogP contribution in [0, 0.1) is 6.92 Å². The van der Waals surface area contributed by atoms with Crippen LogP contribution in [0.1, 0.15) is 57.1 Å². The molecule has 0 saturated heterocycles. The first-order chi connectivity index (χ1) is 14.4. The summed E-state index contributed by atoms with van der Waals surface area (Å²) in [5.74, 6) is 1.50. The lowest BCUT2D eigenvalue weighted by atomic mass is 9.92. The van der Waals surface area contributed by atoms with E-state index in [0.29, 0.717) is 12.0 Å². The van der Waals surface area contributed by atoms with Crippen LogP contribution >= 0.6 is 0 Å². The third-order valence-electron chi connectivity index (χ3n) is 6.39. The third kappa shape index (κ3) is 3.66. The minimum atomic E-state index is -0.218. The molecule has 1 atom stereocenters. The zero-order valence-corrected chi connectivity index (χ0v) is 18.4. The molecule has 0 spiro atoms. The molecule has 6 nitrogen and oxygen atoms in total. The predicted octanol–water partition coefficient (Wildman–Crippen LogP) is 5.07. The molecule has 6 heteroatoms. The highest BCUT2D eigenvalue weighted by molar-refractivity contribution is 6.04. The number of rotatable bonds is 4. The van der Waals surface area contributed by atoms with Crippen LogP contribution in [0.15, 0.2) is 31.0 Å². The molecule has 2 aliphatic rings. The number of allylic oxidation sites excluding steroid dienone is 1. The van der Waals surface area contributed by atoms with Crippen LogP contribution in [-0.2, 0) is 4.79 Å². The Morgan fingerprint density at radius 1 is 1.23 bits per heavy atom. The fourth-order valence-electron chi connectivity index (χ4n) is 4.59. The summed E-state index contributed by atoms with van der Waals surface area (Å²) >= 11 is 0. The molecule has 4 rings (SSSR count). The van der Waals surface area contributed by atoms with Gasteiger partial charge in [0.25, 0.3) is 0 Å². The number of nitrogens with one attached hydrogen (secondary N) is 1. The summed E-state index contributed by atoms with van der Waals surface area (Å²) in [7, 11) is 1.81. The van der Waals surface area contributed by atoms with Crippen molar-refractivity contribution in [1.82, 2.24) is 9.97 Å². The Hall–Kier alpha value is -2.89. The van der Waals surface area contributed by atoms with Crippen molar-refractivity contribution in [2.75, 3.05) is 22.2 Å². The van der Waals surface area contributed by atoms with Crippen LogP contribution in [0.2, 0.25) is 0 Å². The van der Waals surface area contributed by atoms with Crippen molar-refractivity contribution in [1.29, 1.82) is 0 Å². The minimum absolute atomic E-state index is 0.101. The smallest absolute Gasteiger partial charge is 0.249 e. The number of hydrogen-bond acceptors (Lipinski definition) is 5. The SMILES string of the molecule is C=C(C)c1ccc(Nc2ncc3c(n2)N(C2CCCCC2)[C@H](C)C(=O)N3C)c(C)c1. The maximum Gasteiger partial charge on any atom is 0.249 e. The van der Waals surface area contributed by atoms with E-state index in [1.54, 1.807) is 11.1 Å². The van der Waals surface area contributed by atoms with E-state index in [1.807, 2.05) is 27.0 Å². The molecule has 1 saturated carbocycles. The average molecular weight is 406 g/mol. The molecule has 0 unspecified atom stereocenters. The minimum Gasteiger partial charge on any atom is -0.340 e. The normalized spacial score (nSPS) is 19.6. The van der Waals surface area contributed by atoms with Gasteiger partial charge in [-0.05, 0) is 56.9 Å². The molecule has 2 aromatic rings. The molecule has 30 heavy (non-hydrogen) atoms. The molecule has 0 bridgehead atoms. The van der Waals surface area contributed by atoms with E-state index in [-0.39, 0.29) is 11.9 Å². The number of hydrogen-bond donors (Lipinski definition) is 1. The molecule has 2 heterocycles. The number of amides is 1. The van der Waals surface area contributed by atoms with Gasteiger partial charge in [0.2, 0.25) is 11.9 Å². The second-order valence-corrected chi connectivity index (χ2v) is 8.61. The second-order valence-electron chi connectivity index (χ2n) is 8.61. The molecule has 158 valence electrons. The number of fused-ring (bicyclic) bond motifs is 1. The summed E-state index contributed by atoms with van der Waals surface area (Å²) in [4.78, 5) is 26.2. The first kappa shape index (κ1) is 20.4. The summed E-state index contributed by atoms with van der Waals surface area (Å²) in [6.07, 6.45) is 7.66. The van der Waals surface area contributed by atoms with Crippen LogP contribution < -0.4 is 15.1 Å². The molecular formula is C24H31N5O. The van der Waals surface area contributed by atoms with Crippen molar-refractivity contribution in [3.63, 3.8) is 0 Å². The summed E-state index contributed by atoms with van der Waals surface area (Å²) in [5, 5.41) is 3.37. The molecule has 1 aliphatic carbocycles. The Kier molecular flexibility index (Phi) is 5.50. The highest BCUT2D eigenvalue weighted by atomic mass is 16.2. The quantitative estimate of drug-likeness (QED) is 0.770. The number of benzene rings is 1. The van der Waals surface area contributed by atoms with Crippen LogP contribution in [0.25, 0.3) is 5.57 Å². The van der Waals surface area contributed by atoms with Gasteiger partial charge >= 0.3 is 0 Å². The first-order valence-corrected chi connectivity index (χ1v) is 10.8. The van der Waals surface area contributed by atoms with Crippen molar-refractivity contribution in [3.8, 4) is 0 Å². The van der Waals surface area contributed by atoms with E-state index >= 15 is 0 Å². The monoisotopic (exact) mass is 405 g/mol. The predicted molar refractivity (Wildman–Crippen MR) is 123 cm³/mol. The molecule has 1 aliphatic heterocycles. The Morgan fingerprint density at radius 2 is 1.97 bits per heavy atom. The van der Waals surface area contributed by atoms with Crippen molar-refractivity contribution >= 4 is 34.6 Å². The highest BCUT2D eigenvalue weighted by Gasteiger charge is 2.39. The van der Waals surface area contributed by atoms with Gasteiger partial charge in [-0.15, -0.1) is 0 Å². The molecular weight excluding hydrogens is 374 g/mol. The van der Waals surface area contributed by atoms with Crippen LogP contribution in [0.3, 0.4) is 0 Å². The Bertz CT molecular complexity index is 980. The van der Waals surface area contributed by atoms with Gasteiger partial charge in [-0.3, -0.25) is 4.79 Å². The molecule has 1 N–H and O–H groups in total. The van der Waals surface area contributed by atoms with Crippen molar-refractivity contribution in [2.24, 2.45) is 0 Å². The average Bonchev–Trinajstić information content (AvgIpc) is 2.74. The lowest BCUT2D eigenvalue weighted by molar-refractivity contribution is -0.119. The standard InChI is InChI=1S/C24H31N5O/c1-15(2)18-11-12-20(16(3)13-18)26-24-25-14-21-22(27-24)29(17(4)23(30)28(21)5)19-9-7-6-8-10-19/h11-14,17,19H,1,6-10H2,2-5H3,(H,25,26,27)/t17-/m1/s1. The number of aromatic nitrogens is 2. The summed E-state index contributed by atoms with van der Waals surface area (Å²) in [5.41, 5.74) is 5.03. The number of aryl methyl sites for hydroxylation is 1. The highest BCUT2D eigenvalue weighted by Crippen LogP contribution is 2.38. The number of carbonyl (C=O) groups is 1. The lowest BCUT2D eigenvalue weighted by Crippen LogP contribution is -2.55. The summed E-state index contributed by atoms with van der Waals surface area (Å²) in [6, 6.07) is 6.35. The topological polar surface area (TPSA) is 61.4 Å². The fraction of sp³-hybridized carbons (Fsp3) is 0.458. The van der Waals surface area contributed by atoms with E-state index in [0.717, 1.165) is 46.7 Å². The fourth-order valence-corrected chi connectivity index (χ4v) is 4.59. The number of carbonyl (C=O) groups excluding carboxylic acids is 1. The second kappa shape index (κ2) is 8.09. The summed E-state index contributed by atoms with van der Waals surface area (Å²) < 4.78 is 0. The van der Waals surface area contributed by atoms with E-state index in [4.69, 9.17) is 4.98 Å². The maximum atomic E-state index is 12.9. The molecule has 0 radical (unpaired) electrons. The molecule has 1 aromatic carbocycles. The Balaban J connectivity index is 1.69. The largest absolute Gasteiger partial charge is 0.340 e.